The lowest BCUT2D eigenvalue weighted by atomic mass is 10.1. The van der Waals surface area contributed by atoms with Gasteiger partial charge in [-0.3, -0.25) is 0 Å². The van der Waals surface area contributed by atoms with E-state index >= 15 is 0 Å². The molecule has 0 aliphatic rings. The molecule has 0 saturated carbocycles. The van der Waals surface area contributed by atoms with Crippen LogP contribution >= 0.6 is 0 Å². The Balaban J connectivity index is 2.46. The lowest BCUT2D eigenvalue weighted by Gasteiger charge is -2.05. The van der Waals surface area contributed by atoms with Crippen molar-refractivity contribution in [1.82, 2.24) is 4.98 Å². The lowest BCUT2D eigenvalue weighted by molar-refractivity contribution is 0.417. The second-order valence-electron chi connectivity index (χ2n) is 2.82. The summed E-state index contributed by atoms with van der Waals surface area (Å²) in [6.07, 6.45) is 3.03. The molecule has 1 aromatic heterocycles. The molecule has 0 bridgehead atoms. The zero-order chi connectivity index (χ0) is 9.97. The molecule has 4 nitrogen and oxygen atoms in total. The second kappa shape index (κ2) is 3.41. The Labute approximate surface area is 81.3 Å². The molecule has 72 valence electrons. The van der Waals surface area contributed by atoms with Crippen molar-refractivity contribution >= 4 is 5.69 Å². The zero-order valence-electron chi connectivity index (χ0n) is 7.73. The Morgan fingerprint density at radius 2 is 2.29 bits per heavy atom. The fourth-order valence-electron chi connectivity index (χ4n) is 1.22. The van der Waals surface area contributed by atoms with Gasteiger partial charge >= 0.3 is 0 Å². The predicted molar refractivity (Wildman–Crippen MR) is 52.9 cm³/mol. The molecule has 2 aromatic rings. The molecule has 4 heteroatoms. The first kappa shape index (κ1) is 8.62. The van der Waals surface area contributed by atoms with Gasteiger partial charge in [0.05, 0.1) is 19.0 Å². The Kier molecular flexibility index (Phi) is 2.10. The van der Waals surface area contributed by atoms with Crippen LogP contribution < -0.4 is 10.5 Å². The number of hydrogen-bond donors (Lipinski definition) is 1. The van der Waals surface area contributed by atoms with Gasteiger partial charge in [-0.15, -0.1) is 0 Å². The first-order valence-corrected chi connectivity index (χ1v) is 4.13. The molecule has 0 aliphatic heterocycles. The van der Waals surface area contributed by atoms with Crippen molar-refractivity contribution in [3.8, 4) is 17.1 Å². The molecule has 0 aliphatic carbocycles. The Morgan fingerprint density at radius 3 is 2.93 bits per heavy atom. The molecule has 0 unspecified atom stereocenters. The molecular weight excluding hydrogens is 180 g/mol. The number of nitrogens with zero attached hydrogens (tertiary/aromatic N) is 1. The van der Waals surface area contributed by atoms with E-state index < -0.39 is 0 Å². The number of oxazole rings is 1. The van der Waals surface area contributed by atoms with Gasteiger partial charge in [0.25, 0.3) is 0 Å². The predicted octanol–water partition coefficient (Wildman–Crippen LogP) is 1.93. The van der Waals surface area contributed by atoms with Crippen LogP contribution in [0.4, 0.5) is 5.69 Å². The fourth-order valence-corrected chi connectivity index (χ4v) is 1.22. The van der Waals surface area contributed by atoms with Crippen LogP contribution in [0.1, 0.15) is 0 Å². The van der Waals surface area contributed by atoms with Crippen LogP contribution in [-0.4, -0.2) is 12.1 Å². The highest BCUT2D eigenvalue weighted by Gasteiger charge is 2.05. The van der Waals surface area contributed by atoms with E-state index in [1.807, 2.05) is 12.1 Å². The van der Waals surface area contributed by atoms with Crippen molar-refractivity contribution in [3.05, 3.63) is 30.8 Å². The van der Waals surface area contributed by atoms with Crippen molar-refractivity contribution in [3.63, 3.8) is 0 Å². The molecule has 0 fully saturated rings. The number of anilines is 1. The highest BCUT2D eigenvalue weighted by atomic mass is 16.5. The number of rotatable bonds is 2. The number of nitrogen functional groups attached to an aromatic ring is 1. The van der Waals surface area contributed by atoms with Gasteiger partial charge in [-0.05, 0) is 18.2 Å². The van der Waals surface area contributed by atoms with E-state index in [1.54, 1.807) is 19.4 Å². The van der Waals surface area contributed by atoms with Gasteiger partial charge in [0.1, 0.15) is 5.75 Å². The monoisotopic (exact) mass is 190 g/mol. The third kappa shape index (κ3) is 1.42. The molecule has 0 atom stereocenters. The highest BCUT2D eigenvalue weighted by Crippen LogP contribution is 2.28. The van der Waals surface area contributed by atoms with Crippen LogP contribution in [0, 0.1) is 0 Å². The minimum Gasteiger partial charge on any atom is -0.495 e. The summed E-state index contributed by atoms with van der Waals surface area (Å²) in [6.45, 7) is 0. The summed E-state index contributed by atoms with van der Waals surface area (Å²) in [5.41, 5.74) is 7.19. The lowest BCUT2D eigenvalue weighted by Crippen LogP contribution is -1.91. The summed E-state index contributed by atoms with van der Waals surface area (Å²) < 4.78 is 10.2. The van der Waals surface area contributed by atoms with Gasteiger partial charge in [-0.2, -0.15) is 0 Å². The van der Waals surface area contributed by atoms with Crippen LogP contribution in [0.5, 0.6) is 5.75 Å². The molecule has 0 radical (unpaired) electrons. The molecule has 0 amide bonds. The summed E-state index contributed by atoms with van der Waals surface area (Å²) in [5.74, 6) is 1.34. The number of methoxy groups -OCH3 is 1. The number of hydrogen-bond acceptors (Lipinski definition) is 4. The van der Waals surface area contributed by atoms with Crippen LogP contribution in [0.15, 0.2) is 35.2 Å². The molecule has 14 heavy (non-hydrogen) atoms. The van der Waals surface area contributed by atoms with E-state index in [-0.39, 0.29) is 0 Å². The van der Waals surface area contributed by atoms with Crippen molar-refractivity contribution in [2.45, 2.75) is 0 Å². The molecular formula is C10H10N2O2. The first-order chi connectivity index (χ1) is 6.81. The van der Waals surface area contributed by atoms with E-state index in [9.17, 15) is 0 Å². The van der Waals surface area contributed by atoms with Crippen LogP contribution in [-0.2, 0) is 0 Å². The van der Waals surface area contributed by atoms with Crippen LogP contribution in [0.3, 0.4) is 0 Å². The maximum absolute atomic E-state index is 5.68. The Hall–Kier alpha value is -1.97. The quantitative estimate of drug-likeness (QED) is 0.735. The first-order valence-electron chi connectivity index (χ1n) is 4.13. The highest BCUT2D eigenvalue weighted by molar-refractivity contribution is 5.65. The van der Waals surface area contributed by atoms with Gasteiger partial charge in [0.2, 0.25) is 0 Å². The smallest absolute Gasteiger partial charge is 0.181 e. The summed E-state index contributed by atoms with van der Waals surface area (Å²) in [5, 5.41) is 0. The topological polar surface area (TPSA) is 61.3 Å². The zero-order valence-corrected chi connectivity index (χ0v) is 7.73. The van der Waals surface area contributed by atoms with Gasteiger partial charge in [0.15, 0.2) is 12.2 Å². The van der Waals surface area contributed by atoms with E-state index in [4.69, 9.17) is 14.9 Å². The number of aromatic nitrogens is 1. The minimum atomic E-state index is 0.607. The van der Waals surface area contributed by atoms with Crippen molar-refractivity contribution in [1.29, 1.82) is 0 Å². The average Bonchev–Trinajstić information content (AvgIpc) is 2.71. The van der Waals surface area contributed by atoms with E-state index in [0.29, 0.717) is 17.2 Å². The number of benzene rings is 1. The normalized spacial score (nSPS) is 10.1. The molecule has 2 rings (SSSR count). The molecule has 0 saturated heterocycles. The maximum Gasteiger partial charge on any atom is 0.181 e. The van der Waals surface area contributed by atoms with Crippen LogP contribution in [0.2, 0.25) is 0 Å². The Bertz CT molecular complexity index is 424. The SMILES string of the molecule is COc1cc(-c2cnco2)ccc1N. The van der Waals surface area contributed by atoms with Crippen molar-refractivity contribution in [2.75, 3.05) is 12.8 Å². The molecule has 2 N–H and O–H groups in total. The van der Waals surface area contributed by atoms with Gasteiger partial charge in [-0.25, -0.2) is 4.98 Å². The van der Waals surface area contributed by atoms with Gasteiger partial charge in [-0.1, -0.05) is 0 Å². The minimum absolute atomic E-state index is 0.607. The van der Waals surface area contributed by atoms with Gasteiger partial charge < -0.3 is 14.9 Å². The summed E-state index contributed by atoms with van der Waals surface area (Å²) in [4.78, 5) is 3.84. The third-order valence-electron chi connectivity index (χ3n) is 1.95. The van der Waals surface area contributed by atoms with Crippen LogP contribution in [0.25, 0.3) is 11.3 Å². The standard InChI is InChI=1S/C10H10N2O2/c1-13-9-4-7(2-3-8(9)11)10-5-12-6-14-10/h2-6H,11H2,1H3. The molecule has 0 spiro atoms. The summed E-state index contributed by atoms with van der Waals surface area (Å²) >= 11 is 0. The second-order valence-corrected chi connectivity index (χ2v) is 2.82. The number of nitrogens with two attached hydrogens (primary N) is 1. The maximum atomic E-state index is 5.68. The fraction of sp³-hybridized carbons (Fsp3) is 0.100. The average molecular weight is 190 g/mol. The molecule has 1 heterocycles. The third-order valence-corrected chi connectivity index (χ3v) is 1.95. The summed E-state index contributed by atoms with van der Waals surface area (Å²) in [6, 6.07) is 5.45. The number of ether oxygens (including phenoxy) is 1. The van der Waals surface area contributed by atoms with Crippen molar-refractivity contribution < 1.29 is 9.15 Å². The largest absolute Gasteiger partial charge is 0.495 e. The van der Waals surface area contributed by atoms with E-state index in [2.05, 4.69) is 4.98 Å². The summed E-state index contributed by atoms with van der Waals surface area (Å²) in [7, 11) is 1.58. The van der Waals surface area contributed by atoms with E-state index in [0.717, 1.165) is 5.56 Å². The van der Waals surface area contributed by atoms with Gasteiger partial charge in [0, 0.05) is 5.56 Å². The van der Waals surface area contributed by atoms with Crippen molar-refractivity contribution in [2.24, 2.45) is 0 Å². The Morgan fingerprint density at radius 1 is 1.43 bits per heavy atom. The van der Waals surface area contributed by atoms with E-state index in [1.165, 1.54) is 6.39 Å². The molecule has 1 aromatic carbocycles.